The van der Waals surface area contributed by atoms with Crippen LogP contribution in [0.1, 0.15) is 39.5 Å². The van der Waals surface area contributed by atoms with Crippen LogP contribution in [0.25, 0.3) is 0 Å². The molecule has 2 bridgehead atoms. The van der Waals surface area contributed by atoms with Crippen LogP contribution in [0.3, 0.4) is 0 Å². The number of fused-ring (bicyclic) bond motifs is 2. The Morgan fingerprint density at radius 1 is 1.40 bits per heavy atom. The average molecular weight is 282 g/mol. The van der Waals surface area contributed by atoms with Crippen LogP contribution in [0.2, 0.25) is 0 Å². The summed E-state index contributed by atoms with van der Waals surface area (Å²) in [6.45, 7) is 6.04. The van der Waals surface area contributed by atoms with E-state index in [0.717, 1.165) is 24.3 Å². The number of hydrogen-bond acceptors (Lipinski definition) is 4. The second-order valence-electron chi connectivity index (χ2n) is 6.93. The van der Waals surface area contributed by atoms with Gasteiger partial charge in [-0.25, -0.2) is 0 Å². The molecule has 0 saturated heterocycles. The largest absolute Gasteiger partial charge is 0.465 e. The molecule has 1 N–H and O–H groups in total. The zero-order valence-corrected chi connectivity index (χ0v) is 13.4. The lowest BCUT2D eigenvalue weighted by Crippen LogP contribution is -2.56. The maximum absolute atomic E-state index is 12.1. The topological polar surface area (TPSA) is 41.6 Å². The van der Waals surface area contributed by atoms with E-state index >= 15 is 0 Å². The predicted molar refractivity (Wildman–Crippen MR) is 80.5 cm³/mol. The summed E-state index contributed by atoms with van der Waals surface area (Å²) in [7, 11) is 3.96. The van der Waals surface area contributed by atoms with E-state index in [1.54, 1.807) is 0 Å². The lowest BCUT2D eigenvalue weighted by Gasteiger charge is -2.34. The normalized spacial score (nSPS) is 31.6. The number of nitrogens with one attached hydrogen (secondary N) is 1. The molecule has 0 heterocycles. The van der Waals surface area contributed by atoms with Crippen LogP contribution in [0.15, 0.2) is 0 Å². The minimum Gasteiger partial charge on any atom is -0.465 e. The minimum absolute atomic E-state index is 0.151. The Balaban J connectivity index is 1.85. The van der Waals surface area contributed by atoms with Gasteiger partial charge in [-0.1, -0.05) is 6.42 Å². The van der Waals surface area contributed by atoms with Crippen LogP contribution >= 0.6 is 0 Å². The van der Waals surface area contributed by atoms with Crippen LogP contribution in [0, 0.1) is 17.8 Å². The molecule has 2 aliphatic rings. The predicted octanol–water partition coefficient (Wildman–Crippen LogP) is 1.90. The molecule has 4 unspecified atom stereocenters. The Labute approximate surface area is 123 Å². The highest BCUT2D eigenvalue weighted by molar-refractivity contribution is 5.80. The van der Waals surface area contributed by atoms with Crippen LogP contribution in [-0.4, -0.2) is 50.2 Å². The molecule has 4 heteroatoms. The molecule has 4 atom stereocenters. The van der Waals surface area contributed by atoms with Crippen molar-refractivity contribution in [2.45, 2.75) is 45.1 Å². The third kappa shape index (κ3) is 3.34. The molecule has 2 aliphatic carbocycles. The molecule has 0 amide bonds. The molecule has 0 aromatic heterocycles. The first-order chi connectivity index (χ1) is 9.48. The monoisotopic (exact) mass is 282 g/mol. The first-order valence-corrected chi connectivity index (χ1v) is 8.03. The second kappa shape index (κ2) is 6.44. The fourth-order valence-corrected chi connectivity index (χ4v) is 4.14. The summed E-state index contributed by atoms with van der Waals surface area (Å²) in [5.74, 6) is 2.61. The van der Waals surface area contributed by atoms with Crippen molar-refractivity contribution in [2.75, 3.05) is 33.8 Å². The van der Waals surface area contributed by atoms with Crippen molar-refractivity contribution < 1.29 is 9.53 Å². The molecule has 0 aromatic carbocycles. The number of likely N-dealkylation sites (N-methyl/N-ethyl adjacent to an activating group) is 2. The van der Waals surface area contributed by atoms with Crippen molar-refractivity contribution >= 4 is 5.97 Å². The Bertz CT molecular complexity index is 347. The van der Waals surface area contributed by atoms with E-state index in [4.69, 9.17) is 4.74 Å². The zero-order valence-electron chi connectivity index (χ0n) is 13.4. The maximum Gasteiger partial charge on any atom is 0.327 e. The van der Waals surface area contributed by atoms with Crippen molar-refractivity contribution in [1.82, 2.24) is 10.2 Å². The molecule has 2 saturated carbocycles. The lowest BCUT2D eigenvalue weighted by atomic mass is 9.88. The molecule has 0 aromatic rings. The number of ether oxygens (including phenoxy) is 1. The van der Waals surface area contributed by atoms with Crippen LogP contribution < -0.4 is 5.32 Å². The summed E-state index contributed by atoms with van der Waals surface area (Å²) in [5, 5.41) is 3.14. The third-order valence-electron chi connectivity index (χ3n) is 5.29. The standard InChI is InChI=1S/C16H30N2O2/c1-5-20-15(19)16(2,17-3)11-18(4)10-14-9-12-6-7-13(14)8-12/h12-14,17H,5-11H2,1-4H3. The second-order valence-corrected chi connectivity index (χ2v) is 6.93. The molecule has 0 spiro atoms. The highest BCUT2D eigenvalue weighted by atomic mass is 16.5. The minimum atomic E-state index is -0.609. The quantitative estimate of drug-likeness (QED) is 0.724. The SMILES string of the molecule is CCOC(=O)C(C)(CN(C)CC1CC2CCC1C2)NC. The van der Waals surface area contributed by atoms with E-state index in [1.807, 2.05) is 20.9 Å². The maximum atomic E-state index is 12.1. The van der Waals surface area contributed by atoms with E-state index in [1.165, 1.54) is 25.7 Å². The van der Waals surface area contributed by atoms with E-state index in [9.17, 15) is 4.79 Å². The van der Waals surface area contributed by atoms with Gasteiger partial charge in [0.15, 0.2) is 0 Å². The summed E-state index contributed by atoms with van der Waals surface area (Å²) in [5.41, 5.74) is -0.609. The number of carbonyl (C=O) groups is 1. The van der Waals surface area contributed by atoms with Gasteiger partial charge in [-0.2, -0.15) is 0 Å². The Hall–Kier alpha value is -0.610. The van der Waals surface area contributed by atoms with Gasteiger partial charge in [0, 0.05) is 13.1 Å². The molecular weight excluding hydrogens is 252 g/mol. The Kier molecular flexibility index (Phi) is 5.08. The molecule has 20 heavy (non-hydrogen) atoms. The summed E-state index contributed by atoms with van der Waals surface area (Å²) in [4.78, 5) is 14.4. The fraction of sp³-hybridized carbons (Fsp3) is 0.938. The summed E-state index contributed by atoms with van der Waals surface area (Å²) >= 11 is 0. The van der Waals surface area contributed by atoms with Gasteiger partial charge in [0.05, 0.1) is 6.61 Å². The van der Waals surface area contributed by atoms with Gasteiger partial charge in [-0.05, 0) is 65.0 Å². The van der Waals surface area contributed by atoms with Gasteiger partial charge in [-0.15, -0.1) is 0 Å². The van der Waals surface area contributed by atoms with Gasteiger partial charge in [-0.3, -0.25) is 4.79 Å². The molecule has 2 rings (SSSR count). The number of esters is 1. The fourth-order valence-electron chi connectivity index (χ4n) is 4.14. The van der Waals surface area contributed by atoms with E-state index in [0.29, 0.717) is 13.2 Å². The van der Waals surface area contributed by atoms with Crippen LogP contribution in [0.5, 0.6) is 0 Å². The van der Waals surface area contributed by atoms with E-state index < -0.39 is 5.54 Å². The Morgan fingerprint density at radius 2 is 2.15 bits per heavy atom. The zero-order chi connectivity index (χ0) is 14.8. The number of carbonyl (C=O) groups excluding carboxylic acids is 1. The molecule has 2 fully saturated rings. The lowest BCUT2D eigenvalue weighted by molar-refractivity contribution is -0.151. The highest BCUT2D eigenvalue weighted by Crippen LogP contribution is 2.48. The van der Waals surface area contributed by atoms with Gasteiger partial charge in [0.25, 0.3) is 0 Å². The average Bonchev–Trinajstić information content (AvgIpc) is 3.00. The number of hydrogen-bond donors (Lipinski definition) is 1. The first kappa shape index (κ1) is 15.8. The van der Waals surface area contributed by atoms with Crippen LogP contribution in [0.4, 0.5) is 0 Å². The number of nitrogens with zero attached hydrogens (tertiary/aromatic N) is 1. The Morgan fingerprint density at radius 3 is 2.65 bits per heavy atom. The van der Waals surface area contributed by atoms with Gasteiger partial charge < -0.3 is 15.0 Å². The van der Waals surface area contributed by atoms with Crippen molar-refractivity contribution in [2.24, 2.45) is 17.8 Å². The van der Waals surface area contributed by atoms with Crippen LogP contribution in [-0.2, 0) is 9.53 Å². The van der Waals surface area contributed by atoms with Gasteiger partial charge >= 0.3 is 5.97 Å². The number of rotatable bonds is 7. The van der Waals surface area contributed by atoms with Crippen molar-refractivity contribution in [1.29, 1.82) is 0 Å². The van der Waals surface area contributed by atoms with Crippen molar-refractivity contribution in [3.63, 3.8) is 0 Å². The smallest absolute Gasteiger partial charge is 0.327 e. The molecule has 116 valence electrons. The van der Waals surface area contributed by atoms with Crippen molar-refractivity contribution in [3.8, 4) is 0 Å². The molecule has 0 aliphatic heterocycles. The molecular formula is C16H30N2O2. The third-order valence-corrected chi connectivity index (χ3v) is 5.29. The first-order valence-electron chi connectivity index (χ1n) is 8.03. The summed E-state index contributed by atoms with van der Waals surface area (Å²) in [6, 6.07) is 0. The van der Waals surface area contributed by atoms with E-state index in [2.05, 4.69) is 17.3 Å². The van der Waals surface area contributed by atoms with Gasteiger partial charge in [0.1, 0.15) is 5.54 Å². The van der Waals surface area contributed by atoms with Crippen molar-refractivity contribution in [3.05, 3.63) is 0 Å². The highest BCUT2D eigenvalue weighted by Gasteiger charge is 2.41. The molecule has 4 nitrogen and oxygen atoms in total. The van der Waals surface area contributed by atoms with Gasteiger partial charge in [0.2, 0.25) is 0 Å². The molecule has 0 radical (unpaired) electrons. The van der Waals surface area contributed by atoms with E-state index in [-0.39, 0.29) is 5.97 Å². The summed E-state index contributed by atoms with van der Waals surface area (Å²) in [6.07, 6.45) is 5.71. The summed E-state index contributed by atoms with van der Waals surface area (Å²) < 4.78 is 5.19.